The highest BCUT2D eigenvalue weighted by molar-refractivity contribution is 7.71. The first-order chi connectivity index (χ1) is 11.1. The zero-order chi connectivity index (χ0) is 16.4. The summed E-state index contributed by atoms with van der Waals surface area (Å²) < 4.78 is 0.394. The summed E-state index contributed by atoms with van der Waals surface area (Å²) in [6.07, 6.45) is 1.55. The maximum absolute atomic E-state index is 12.5. The van der Waals surface area contributed by atoms with E-state index in [1.807, 2.05) is 24.3 Å². The molecule has 6 heteroatoms. The summed E-state index contributed by atoms with van der Waals surface area (Å²) in [5.41, 5.74) is 7.72. The van der Waals surface area contributed by atoms with Crippen LogP contribution >= 0.6 is 12.2 Å². The van der Waals surface area contributed by atoms with Crippen molar-refractivity contribution in [2.45, 2.75) is 0 Å². The minimum atomic E-state index is -0.281. The van der Waals surface area contributed by atoms with Gasteiger partial charge >= 0.3 is 0 Å². The molecule has 2 aromatic carbocycles. The Morgan fingerprint density at radius 1 is 1.22 bits per heavy atom. The lowest BCUT2D eigenvalue weighted by Gasteiger charge is -2.10. The predicted octanol–water partition coefficient (Wildman–Crippen LogP) is 3.60. The molecule has 0 saturated carbocycles. The van der Waals surface area contributed by atoms with Gasteiger partial charge in [-0.25, -0.2) is 0 Å². The number of para-hydroxylation sites is 1. The van der Waals surface area contributed by atoms with Gasteiger partial charge in [0.2, 0.25) is 0 Å². The molecule has 0 unspecified atom stereocenters. The van der Waals surface area contributed by atoms with E-state index >= 15 is 0 Å². The van der Waals surface area contributed by atoms with Crippen molar-refractivity contribution in [3.05, 3.63) is 64.4 Å². The molecule has 0 spiro atoms. The Balaban J connectivity index is 2.14. The highest BCUT2D eigenvalue weighted by Gasteiger charge is 2.14. The summed E-state index contributed by atoms with van der Waals surface area (Å²) >= 11 is 5.25. The molecule has 0 atom stereocenters. The number of fused-ring (bicyclic) bond motifs is 1. The summed E-state index contributed by atoms with van der Waals surface area (Å²) in [4.78, 5) is 15.4. The number of aromatic nitrogens is 1. The lowest BCUT2D eigenvalue weighted by molar-refractivity contribution is 0.102. The van der Waals surface area contributed by atoms with E-state index in [1.54, 1.807) is 30.5 Å². The lowest BCUT2D eigenvalue weighted by atomic mass is 10.0. The van der Waals surface area contributed by atoms with Gasteiger partial charge in [-0.3, -0.25) is 4.79 Å². The molecule has 112 valence electrons. The van der Waals surface area contributed by atoms with E-state index in [1.165, 1.54) is 0 Å². The average molecular weight is 320 g/mol. The van der Waals surface area contributed by atoms with Gasteiger partial charge in [-0.05, 0) is 18.2 Å². The van der Waals surface area contributed by atoms with Crippen LogP contribution in [-0.2, 0) is 0 Å². The molecule has 0 aliphatic rings. The smallest absolute Gasteiger partial charge is 0.257 e. The van der Waals surface area contributed by atoms with Crippen LogP contribution in [0.4, 0.5) is 11.4 Å². The molecular weight excluding hydrogens is 308 g/mol. The van der Waals surface area contributed by atoms with E-state index < -0.39 is 0 Å². The van der Waals surface area contributed by atoms with Crippen LogP contribution in [-0.4, -0.2) is 10.9 Å². The first-order valence-electron chi connectivity index (χ1n) is 6.82. The van der Waals surface area contributed by atoms with Crippen molar-refractivity contribution in [3.63, 3.8) is 0 Å². The van der Waals surface area contributed by atoms with E-state index in [-0.39, 0.29) is 11.6 Å². The molecule has 0 aliphatic carbocycles. The Kier molecular flexibility index (Phi) is 3.79. The van der Waals surface area contributed by atoms with Crippen LogP contribution in [0, 0.1) is 16.0 Å². The summed E-state index contributed by atoms with van der Waals surface area (Å²) in [5.74, 6) is -0.281. The van der Waals surface area contributed by atoms with Crippen LogP contribution in [0.2, 0.25) is 0 Å². The Bertz CT molecular complexity index is 1000. The zero-order valence-corrected chi connectivity index (χ0v) is 12.8. The van der Waals surface area contributed by atoms with Gasteiger partial charge in [-0.15, -0.1) is 0 Å². The second-order valence-corrected chi connectivity index (χ2v) is 5.32. The first-order valence-corrected chi connectivity index (χ1v) is 7.23. The van der Waals surface area contributed by atoms with Crippen molar-refractivity contribution < 1.29 is 4.79 Å². The lowest BCUT2D eigenvalue weighted by Crippen LogP contribution is -2.13. The molecule has 0 bridgehead atoms. The minimum absolute atomic E-state index is 0.278. The number of nitrogen functional groups attached to an aromatic ring is 1. The summed E-state index contributed by atoms with van der Waals surface area (Å²) in [5, 5.41) is 13.0. The fraction of sp³-hybridized carbons (Fsp3) is 0. The fourth-order valence-electron chi connectivity index (χ4n) is 2.38. The molecule has 3 rings (SSSR count). The molecule has 0 aliphatic heterocycles. The Morgan fingerprint density at radius 2 is 1.96 bits per heavy atom. The number of rotatable bonds is 2. The van der Waals surface area contributed by atoms with Crippen LogP contribution in [0.5, 0.6) is 0 Å². The fourth-order valence-corrected chi connectivity index (χ4v) is 2.66. The number of amides is 1. The monoisotopic (exact) mass is 320 g/mol. The van der Waals surface area contributed by atoms with Crippen LogP contribution in [0.3, 0.4) is 0 Å². The quantitative estimate of drug-likeness (QED) is 0.496. The Hall–Kier alpha value is -3.17. The SMILES string of the molecule is N#Cc1ccc2c(C(=O)Nc3ccccc3)c[nH]c(=S)c2c1N. The van der Waals surface area contributed by atoms with Gasteiger partial charge in [0, 0.05) is 22.7 Å². The van der Waals surface area contributed by atoms with Gasteiger partial charge in [0.15, 0.2) is 0 Å². The number of anilines is 2. The molecule has 5 nitrogen and oxygen atoms in total. The number of carbonyl (C=O) groups is 1. The van der Waals surface area contributed by atoms with E-state index in [0.717, 1.165) is 0 Å². The molecule has 1 amide bonds. The molecule has 0 radical (unpaired) electrons. The number of H-pyrrole nitrogens is 1. The topological polar surface area (TPSA) is 94.7 Å². The largest absolute Gasteiger partial charge is 0.397 e. The van der Waals surface area contributed by atoms with Gasteiger partial charge in [0.25, 0.3) is 5.91 Å². The van der Waals surface area contributed by atoms with Crippen LogP contribution in [0.25, 0.3) is 10.8 Å². The standard InChI is InChI=1S/C17H12N4OS/c18-8-10-6-7-12-13(9-20-17(23)14(12)15(10)19)16(22)21-11-4-2-1-3-5-11/h1-7,9H,19H2,(H,20,23)(H,21,22). The number of carbonyl (C=O) groups excluding carboxylic acids is 1. The normalized spacial score (nSPS) is 10.2. The molecule has 1 heterocycles. The van der Waals surface area contributed by atoms with Crippen molar-refractivity contribution in [3.8, 4) is 6.07 Å². The molecule has 3 aromatic rings. The third-order valence-corrected chi connectivity index (χ3v) is 3.83. The van der Waals surface area contributed by atoms with E-state index in [2.05, 4.69) is 10.3 Å². The molecule has 0 fully saturated rings. The molecule has 23 heavy (non-hydrogen) atoms. The summed E-state index contributed by atoms with van der Waals surface area (Å²) in [6, 6.07) is 14.4. The second kappa shape index (κ2) is 5.91. The number of hydrogen-bond acceptors (Lipinski definition) is 4. The molecule has 1 aromatic heterocycles. The number of hydrogen-bond donors (Lipinski definition) is 3. The number of nitrogens with one attached hydrogen (secondary N) is 2. The van der Waals surface area contributed by atoms with Gasteiger partial charge in [0.05, 0.1) is 16.8 Å². The van der Waals surface area contributed by atoms with Gasteiger partial charge in [-0.2, -0.15) is 5.26 Å². The van der Waals surface area contributed by atoms with Crippen molar-refractivity contribution >= 4 is 40.3 Å². The number of nitriles is 1. The maximum Gasteiger partial charge on any atom is 0.257 e. The Labute approximate surface area is 137 Å². The minimum Gasteiger partial charge on any atom is -0.397 e. The number of benzene rings is 2. The zero-order valence-electron chi connectivity index (χ0n) is 12.0. The number of nitrogens with zero attached hydrogens (tertiary/aromatic N) is 1. The maximum atomic E-state index is 12.5. The highest BCUT2D eigenvalue weighted by atomic mass is 32.1. The number of nitrogens with two attached hydrogens (primary N) is 1. The second-order valence-electron chi connectivity index (χ2n) is 4.91. The third kappa shape index (κ3) is 2.65. The van der Waals surface area contributed by atoms with Gasteiger partial charge in [0.1, 0.15) is 10.7 Å². The van der Waals surface area contributed by atoms with Crippen molar-refractivity contribution in [1.82, 2.24) is 4.98 Å². The summed E-state index contributed by atoms with van der Waals surface area (Å²) in [7, 11) is 0. The number of pyridine rings is 1. The summed E-state index contributed by atoms with van der Waals surface area (Å²) in [6.45, 7) is 0. The highest BCUT2D eigenvalue weighted by Crippen LogP contribution is 2.28. The Morgan fingerprint density at radius 3 is 2.65 bits per heavy atom. The molecular formula is C17H12N4OS. The van der Waals surface area contributed by atoms with E-state index in [9.17, 15) is 4.79 Å². The van der Waals surface area contributed by atoms with Crippen LogP contribution < -0.4 is 11.1 Å². The first kappa shape index (κ1) is 14.8. The van der Waals surface area contributed by atoms with E-state index in [4.69, 9.17) is 23.2 Å². The molecule has 0 saturated heterocycles. The third-order valence-electron chi connectivity index (χ3n) is 3.51. The van der Waals surface area contributed by atoms with Crippen LogP contribution in [0.1, 0.15) is 15.9 Å². The van der Waals surface area contributed by atoms with Crippen LogP contribution in [0.15, 0.2) is 48.7 Å². The van der Waals surface area contributed by atoms with Gasteiger partial charge in [-0.1, -0.05) is 36.5 Å². The van der Waals surface area contributed by atoms with Crippen molar-refractivity contribution in [2.75, 3.05) is 11.1 Å². The van der Waals surface area contributed by atoms with Gasteiger partial charge < -0.3 is 16.0 Å². The number of aromatic amines is 1. The van der Waals surface area contributed by atoms with Crippen molar-refractivity contribution in [2.24, 2.45) is 0 Å². The average Bonchev–Trinajstić information content (AvgIpc) is 2.56. The predicted molar refractivity (Wildman–Crippen MR) is 92.7 cm³/mol. The van der Waals surface area contributed by atoms with E-state index in [0.29, 0.717) is 32.2 Å². The van der Waals surface area contributed by atoms with Crippen molar-refractivity contribution in [1.29, 1.82) is 5.26 Å². The molecule has 4 N–H and O–H groups in total.